The molecule has 0 N–H and O–H groups in total. The van der Waals surface area contributed by atoms with E-state index in [0.29, 0.717) is 0 Å². The van der Waals surface area contributed by atoms with Crippen LogP contribution >= 0.6 is 0 Å². The summed E-state index contributed by atoms with van der Waals surface area (Å²) in [4.78, 5) is 4.81. The zero-order chi connectivity index (χ0) is 11.2. The minimum absolute atomic E-state index is 1.17. The second-order valence-corrected chi connectivity index (χ2v) is 5.04. The zero-order valence-corrected chi connectivity index (χ0v) is 10.5. The van der Waals surface area contributed by atoms with Crippen LogP contribution < -0.4 is 0 Å². The molecule has 88 valence electrons. The van der Waals surface area contributed by atoms with Gasteiger partial charge in [-0.25, -0.2) is 0 Å². The summed E-state index contributed by atoms with van der Waals surface area (Å²) in [7, 11) is 0. The van der Waals surface area contributed by atoms with Crippen molar-refractivity contribution in [1.29, 1.82) is 0 Å². The minimum atomic E-state index is 1.17. The molecule has 0 aromatic carbocycles. The van der Waals surface area contributed by atoms with Crippen molar-refractivity contribution in [3.8, 4) is 0 Å². The molecule has 1 aliphatic heterocycles. The van der Waals surface area contributed by atoms with Gasteiger partial charge >= 0.3 is 0 Å². The standard InChI is InChI=1S/C15H23N/c1-13-11-12-14-9-7-5-3-2-4-6-8-10-15(13)16-14/h11-12H,2-10H2,1H3. The molecule has 0 saturated heterocycles. The normalized spacial score (nSPS) is 18.6. The highest BCUT2D eigenvalue weighted by Crippen LogP contribution is 2.16. The van der Waals surface area contributed by atoms with Crippen LogP contribution in [0.3, 0.4) is 0 Å². The number of nitrogens with zero attached hydrogens (tertiary/aromatic N) is 1. The highest BCUT2D eigenvalue weighted by molar-refractivity contribution is 5.22. The number of fused-ring (bicyclic) bond motifs is 2. The van der Waals surface area contributed by atoms with Crippen LogP contribution in [0.5, 0.6) is 0 Å². The summed E-state index contributed by atoms with van der Waals surface area (Å²) in [6, 6.07) is 4.47. The quantitative estimate of drug-likeness (QED) is 0.634. The molecule has 0 saturated carbocycles. The molecule has 1 aromatic heterocycles. The Morgan fingerprint density at radius 2 is 1.44 bits per heavy atom. The molecular weight excluding hydrogens is 194 g/mol. The zero-order valence-electron chi connectivity index (χ0n) is 10.5. The maximum Gasteiger partial charge on any atom is 0.0436 e. The van der Waals surface area contributed by atoms with Gasteiger partial charge in [-0.15, -0.1) is 0 Å². The van der Waals surface area contributed by atoms with Crippen molar-refractivity contribution in [2.24, 2.45) is 0 Å². The highest BCUT2D eigenvalue weighted by atomic mass is 14.7. The fourth-order valence-electron chi connectivity index (χ4n) is 2.49. The van der Waals surface area contributed by atoms with Gasteiger partial charge < -0.3 is 0 Å². The number of hydrogen-bond donors (Lipinski definition) is 0. The average molecular weight is 217 g/mol. The molecule has 0 atom stereocenters. The molecule has 2 rings (SSSR count). The summed E-state index contributed by atoms with van der Waals surface area (Å²) in [6.45, 7) is 2.19. The van der Waals surface area contributed by atoms with E-state index in [0.717, 1.165) is 0 Å². The van der Waals surface area contributed by atoms with Gasteiger partial charge in [0.1, 0.15) is 0 Å². The van der Waals surface area contributed by atoms with Crippen molar-refractivity contribution in [1.82, 2.24) is 4.98 Å². The topological polar surface area (TPSA) is 12.9 Å². The number of aromatic nitrogens is 1. The first kappa shape index (κ1) is 11.6. The van der Waals surface area contributed by atoms with Gasteiger partial charge in [0.05, 0.1) is 0 Å². The van der Waals surface area contributed by atoms with E-state index in [1.807, 2.05) is 0 Å². The lowest BCUT2D eigenvalue weighted by atomic mass is 10.0. The maximum absolute atomic E-state index is 4.81. The van der Waals surface area contributed by atoms with Crippen LogP contribution in [0.15, 0.2) is 12.1 Å². The van der Waals surface area contributed by atoms with E-state index in [4.69, 9.17) is 4.98 Å². The van der Waals surface area contributed by atoms with Gasteiger partial charge in [0.2, 0.25) is 0 Å². The summed E-state index contributed by atoms with van der Waals surface area (Å²) in [5.74, 6) is 0. The number of hydrogen-bond acceptors (Lipinski definition) is 1. The van der Waals surface area contributed by atoms with Crippen LogP contribution in [0.2, 0.25) is 0 Å². The molecule has 2 bridgehead atoms. The Labute approximate surface area is 99.3 Å². The van der Waals surface area contributed by atoms with E-state index in [1.54, 1.807) is 0 Å². The van der Waals surface area contributed by atoms with Crippen molar-refractivity contribution in [3.05, 3.63) is 29.1 Å². The Morgan fingerprint density at radius 3 is 2.19 bits per heavy atom. The van der Waals surface area contributed by atoms with E-state index in [-0.39, 0.29) is 0 Å². The Kier molecular flexibility index (Phi) is 4.38. The molecule has 1 aliphatic rings. The summed E-state index contributed by atoms with van der Waals surface area (Å²) in [5.41, 5.74) is 4.03. The monoisotopic (exact) mass is 217 g/mol. The minimum Gasteiger partial charge on any atom is -0.258 e. The SMILES string of the molecule is Cc1ccc2nc1CCCCCCCCC2. The first-order valence-electron chi connectivity index (χ1n) is 6.82. The predicted octanol–water partition coefficient (Wildman–Crippen LogP) is 4.22. The molecule has 0 aliphatic carbocycles. The first-order valence-corrected chi connectivity index (χ1v) is 6.82. The second kappa shape index (κ2) is 6.03. The average Bonchev–Trinajstić information content (AvgIpc) is 2.28. The molecule has 1 nitrogen and oxygen atoms in total. The molecule has 1 heteroatoms. The number of rotatable bonds is 0. The van der Waals surface area contributed by atoms with Crippen LogP contribution in [0.1, 0.15) is 61.9 Å². The van der Waals surface area contributed by atoms with E-state index in [2.05, 4.69) is 19.1 Å². The van der Waals surface area contributed by atoms with Gasteiger partial charge in [0, 0.05) is 11.4 Å². The Hall–Kier alpha value is -0.850. The molecule has 0 radical (unpaired) electrons. The van der Waals surface area contributed by atoms with Gasteiger partial charge in [-0.1, -0.05) is 38.2 Å². The lowest BCUT2D eigenvalue weighted by Crippen LogP contribution is -2.00. The third kappa shape index (κ3) is 3.33. The van der Waals surface area contributed by atoms with E-state index < -0.39 is 0 Å². The van der Waals surface area contributed by atoms with Gasteiger partial charge in [-0.3, -0.25) is 4.98 Å². The number of aryl methyl sites for hydroxylation is 3. The number of pyridine rings is 1. The summed E-state index contributed by atoms with van der Waals surface area (Å²) < 4.78 is 0. The summed E-state index contributed by atoms with van der Waals surface area (Å²) in [5, 5.41) is 0. The summed E-state index contributed by atoms with van der Waals surface area (Å²) >= 11 is 0. The summed E-state index contributed by atoms with van der Waals surface area (Å²) in [6.07, 6.45) is 12.0. The third-order valence-electron chi connectivity index (χ3n) is 3.61. The second-order valence-electron chi connectivity index (χ2n) is 5.04. The van der Waals surface area contributed by atoms with Crippen LogP contribution in [0.4, 0.5) is 0 Å². The smallest absolute Gasteiger partial charge is 0.0436 e. The van der Waals surface area contributed by atoms with Crippen LogP contribution in [-0.2, 0) is 12.8 Å². The van der Waals surface area contributed by atoms with Crippen molar-refractivity contribution in [3.63, 3.8) is 0 Å². The van der Waals surface area contributed by atoms with Crippen molar-refractivity contribution < 1.29 is 0 Å². The molecule has 0 amide bonds. The van der Waals surface area contributed by atoms with Crippen molar-refractivity contribution >= 4 is 0 Å². The lowest BCUT2D eigenvalue weighted by Gasteiger charge is -2.10. The fraction of sp³-hybridized carbons (Fsp3) is 0.667. The maximum atomic E-state index is 4.81. The van der Waals surface area contributed by atoms with Gasteiger partial charge in [0.15, 0.2) is 0 Å². The third-order valence-corrected chi connectivity index (χ3v) is 3.61. The lowest BCUT2D eigenvalue weighted by molar-refractivity contribution is 0.568. The highest BCUT2D eigenvalue weighted by Gasteiger charge is 2.04. The Morgan fingerprint density at radius 1 is 0.812 bits per heavy atom. The van der Waals surface area contributed by atoms with Crippen molar-refractivity contribution in [2.75, 3.05) is 0 Å². The van der Waals surface area contributed by atoms with Crippen LogP contribution in [0.25, 0.3) is 0 Å². The van der Waals surface area contributed by atoms with E-state index >= 15 is 0 Å². The molecule has 0 unspecified atom stereocenters. The van der Waals surface area contributed by atoms with E-state index in [9.17, 15) is 0 Å². The Balaban J connectivity index is 2.09. The molecule has 1 aromatic rings. The predicted molar refractivity (Wildman–Crippen MR) is 68.7 cm³/mol. The molecular formula is C15H23N. The van der Waals surface area contributed by atoms with Gasteiger partial charge in [-0.2, -0.15) is 0 Å². The van der Waals surface area contributed by atoms with Crippen LogP contribution in [-0.4, -0.2) is 4.98 Å². The molecule has 0 fully saturated rings. The van der Waals surface area contributed by atoms with E-state index in [1.165, 1.54) is 74.7 Å². The molecule has 2 heterocycles. The first-order chi connectivity index (χ1) is 7.86. The van der Waals surface area contributed by atoms with Crippen molar-refractivity contribution in [2.45, 2.75) is 64.7 Å². The Bertz CT molecular complexity index is 330. The fourth-order valence-corrected chi connectivity index (χ4v) is 2.49. The van der Waals surface area contributed by atoms with Gasteiger partial charge in [-0.05, 0) is 44.2 Å². The molecule has 16 heavy (non-hydrogen) atoms. The van der Waals surface area contributed by atoms with Gasteiger partial charge in [0.25, 0.3) is 0 Å². The van der Waals surface area contributed by atoms with Crippen LogP contribution in [0, 0.1) is 6.92 Å². The molecule has 0 spiro atoms. The largest absolute Gasteiger partial charge is 0.258 e.